The minimum atomic E-state index is -4.94. The highest BCUT2D eigenvalue weighted by atomic mass is 31.2. The number of benzene rings is 1. The van der Waals surface area contributed by atoms with Gasteiger partial charge in [0, 0.05) is 6.42 Å². The number of halogens is 4. The van der Waals surface area contributed by atoms with E-state index in [4.69, 9.17) is 24.0 Å². The summed E-state index contributed by atoms with van der Waals surface area (Å²) in [5, 5.41) is 21.7. The first-order valence-electron chi connectivity index (χ1n) is 11.2. The molecule has 38 heavy (non-hydrogen) atoms. The third kappa shape index (κ3) is 4.77. The van der Waals surface area contributed by atoms with Crippen LogP contribution >= 0.6 is 7.82 Å². The normalized spacial score (nSPS) is 32.2. The molecule has 206 valence electrons. The van der Waals surface area contributed by atoms with Gasteiger partial charge >= 0.3 is 14.0 Å². The van der Waals surface area contributed by atoms with E-state index < -0.39 is 62.1 Å². The van der Waals surface area contributed by atoms with Crippen LogP contribution < -0.4 is 5.73 Å². The molecule has 0 radical (unpaired) electrons. The Labute approximate surface area is 211 Å². The Morgan fingerprint density at radius 2 is 2.08 bits per heavy atom. The summed E-state index contributed by atoms with van der Waals surface area (Å²) in [6.07, 6.45) is -7.59. The number of aromatic nitrogens is 4. The topological polar surface area (TPSA) is 164 Å². The van der Waals surface area contributed by atoms with E-state index >= 15 is 0 Å². The number of nitrogen functional groups attached to an aromatic ring is 1. The summed E-state index contributed by atoms with van der Waals surface area (Å²) in [6, 6.07) is 2.31. The molecule has 3 aromatic rings. The summed E-state index contributed by atoms with van der Waals surface area (Å²) in [6.45, 7) is 0.521. The van der Waals surface area contributed by atoms with Gasteiger partial charge in [-0.1, -0.05) is 6.07 Å². The van der Waals surface area contributed by atoms with E-state index in [2.05, 4.69) is 15.0 Å². The largest absolute Gasteiger partial charge is 0.475 e. The number of alkyl halides is 3. The average Bonchev–Trinajstić information content (AvgIpc) is 3.37. The van der Waals surface area contributed by atoms with Gasteiger partial charge in [-0.15, -0.1) is 0 Å². The van der Waals surface area contributed by atoms with Crippen LogP contribution in [0.4, 0.5) is 23.4 Å². The van der Waals surface area contributed by atoms with Gasteiger partial charge in [-0.25, -0.2) is 23.9 Å². The third-order valence-corrected chi connectivity index (χ3v) is 7.82. The van der Waals surface area contributed by atoms with Crippen LogP contribution in [0, 0.1) is 5.82 Å². The molecule has 2 saturated heterocycles. The number of ether oxygens (including phenoxy) is 1. The first-order valence-corrected chi connectivity index (χ1v) is 12.7. The molecular weight excluding hydrogens is 541 g/mol. The SMILES string of the molecule is C[C@@]1(O)[C@H](O)[C@@H](CO[P@]2(=O)OCC[C@H](c3ccc(F)c(C(F)(F)F)c3)O2)O[C@H]1n1cnc2c(N)ncnc21. The number of imidazole rings is 1. The van der Waals surface area contributed by atoms with Crippen LogP contribution in [0.15, 0.2) is 30.9 Å². The number of hydrogen-bond donors (Lipinski definition) is 3. The van der Waals surface area contributed by atoms with Gasteiger partial charge in [0.15, 0.2) is 17.7 Å². The first kappa shape index (κ1) is 26.9. The average molecular weight is 563 g/mol. The van der Waals surface area contributed by atoms with Gasteiger partial charge in [-0.2, -0.15) is 13.2 Å². The maximum absolute atomic E-state index is 13.7. The van der Waals surface area contributed by atoms with Crippen molar-refractivity contribution in [2.24, 2.45) is 0 Å². The molecule has 2 aliphatic rings. The van der Waals surface area contributed by atoms with Crippen molar-refractivity contribution < 1.29 is 50.6 Å². The predicted octanol–water partition coefficient (Wildman–Crippen LogP) is 2.88. The van der Waals surface area contributed by atoms with Crippen LogP contribution in [0.2, 0.25) is 0 Å². The molecule has 17 heteroatoms. The molecule has 0 saturated carbocycles. The second-order valence-corrected chi connectivity index (χ2v) is 10.6. The molecule has 0 bridgehead atoms. The number of anilines is 1. The van der Waals surface area contributed by atoms with E-state index in [1.54, 1.807) is 0 Å². The molecular formula is C21H22F4N5O7P. The van der Waals surface area contributed by atoms with Gasteiger partial charge in [-0.05, 0) is 24.6 Å². The number of nitrogens with zero attached hydrogens (tertiary/aromatic N) is 4. The Kier molecular flexibility index (Phi) is 6.70. The van der Waals surface area contributed by atoms with Gasteiger partial charge < -0.3 is 20.7 Å². The van der Waals surface area contributed by atoms with Crippen LogP contribution in [0.3, 0.4) is 0 Å². The lowest BCUT2D eigenvalue weighted by Gasteiger charge is -2.30. The van der Waals surface area contributed by atoms with E-state index in [1.165, 1.54) is 24.1 Å². The van der Waals surface area contributed by atoms with Crippen molar-refractivity contribution in [1.29, 1.82) is 0 Å². The van der Waals surface area contributed by atoms with Gasteiger partial charge in [0.25, 0.3) is 0 Å². The first-order chi connectivity index (χ1) is 17.8. The molecule has 1 aromatic carbocycles. The second kappa shape index (κ2) is 9.48. The van der Waals surface area contributed by atoms with Crippen molar-refractivity contribution in [3.63, 3.8) is 0 Å². The Balaban J connectivity index is 1.31. The van der Waals surface area contributed by atoms with Crippen molar-refractivity contribution >= 4 is 24.8 Å². The smallest absolute Gasteiger partial charge is 0.387 e. The van der Waals surface area contributed by atoms with Gasteiger partial charge in [0.2, 0.25) is 0 Å². The van der Waals surface area contributed by atoms with E-state index in [-0.39, 0.29) is 35.6 Å². The van der Waals surface area contributed by atoms with Crippen molar-refractivity contribution in [2.75, 3.05) is 18.9 Å². The number of fused-ring (bicyclic) bond motifs is 1. The molecule has 4 N–H and O–H groups in total. The van der Waals surface area contributed by atoms with Crippen LogP contribution in [0.25, 0.3) is 11.2 Å². The Hall–Kier alpha value is -2.72. The van der Waals surface area contributed by atoms with E-state index in [1.807, 2.05) is 0 Å². The highest BCUT2D eigenvalue weighted by molar-refractivity contribution is 7.48. The molecule has 0 aliphatic carbocycles. The number of nitrogens with two attached hydrogens (primary N) is 1. The summed E-state index contributed by atoms with van der Waals surface area (Å²) in [5.41, 5.74) is 2.81. The molecule has 2 fully saturated rings. The molecule has 2 aromatic heterocycles. The van der Waals surface area contributed by atoms with E-state index in [0.29, 0.717) is 12.1 Å². The molecule has 0 amide bonds. The highest BCUT2D eigenvalue weighted by Gasteiger charge is 2.54. The van der Waals surface area contributed by atoms with Crippen LogP contribution in [-0.4, -0.2) is 60.8 Å². The van der Waals surface area contributed by atoms with Crippen molar-refractivity contribution in [1.82, 2.24) is 19.5 Å². The number of phosphoric acid groups is 1. The minimum Gasteiger partial charge on any atom is -0.387 e. The maximum atomic E-state index is 13.7. The highest BCUT2D eigenvalue weighted by Crippen LogP contribution is 2.57. The zero-order chi connectivity index (χ0) is 27.5. The fraction of sp³-hybridized carbons (Fsp3) is 0.476. The summed E-state index contributed by atoms with van der Waals surface area (Å²) in [4.78, 5) is 12.0. The predicted molar refractivity (Wildman–Crippen MR) is 120 cm³/mol. The van der Waals surface area contributed by atoms with Crippen LogP contribution in [0.5, 0.6) is 0 Å². The van der Waals surface area contributed by atoms with Gasteiger partial charge in [-0.3, -0.25) is 18.1 Å². The number of aliphatic hydroxyl groups excluding tert-OH is 1. The Morgan fingerprint density at radius 1 is 1.32 bits per heavy atom. The lowest BCUT2D eigenvalue weighted by molar-refractivity contribution is -0.140. The zero-order valence-corrected chi connectivity index (χ0v) is 20.5. The second-order valence-electron chi connectivity index (χ2n) is 8.98. The summed E-state index contributed by atoms with van der Waals surface area (Å²) < 4.78 is 89.1. The lowest BCUT2D eigenvalue weighted by atomic mass is 9.96. The van der Waals surface area contributed by atoms with E-state index in [9.17, 15) is 32.3 Å². The molecule has 12 nitrogen and oxygen atoms in total. The van der Waals surface area contributed by atoms with Crippen molar-refractivity contribution in [3.05, 3.63) is 47.8 Å². The number of rotatable bonds is 5. The standard InChI is InChI=1S/C21H22F4N5O7P/c1-20(32)16(31)14(36-19(20)30-9-29-15-17(26)27-8-28-18(15)30)7-35-38(33)34-5-4-13(37-38)10-2-3-12(22)11(6-10)21(23,24)25/h2-3,6,8-9,13-14,16,19,31-32H,4-5,7H2,1H3,(H2,26,27,28)/t13-,14-,16-,19-,20-,38+/m1/s1. The Bertz CT molecular complexity index is 1400. The lowest BCUT2D eigenvalue weighted by Crippen LogP contribution is -2.44. The fourth-order valence-corrected chi connectivity index (χ4v) is 5.74. The van der Waals surface area contributed by atoms with Crippen LogP contribution in [0.1, 0.15) is 36.8 Å². The number of aliphatic hydroxyl groups is 2. The summed E-state index contributed by atoms with van der Waals surface area (Å²) in [7, 11) is -4.35. The van der Waals surface area contributed by atoms with Crippen molar-refractivity contribution in [3.8, 4) is 0 Å². The maximum Gasteiger partial charge on any atom is 0.475 e. The number of hydrogen-bond acceptors (Lipinski definition) is 11. The monoisotopic (exact) mass is 563 g/mol. The van der Waals surface area contributed by atoms with E-state index in [0.717, 1.165) is 6.07 Å². The molecule has 0 unspecified atom stereocenters. The molecule has 4 heterocycles. The van der Waals surface area contributed by atoms with Crippen LogP contribution in [-0.2, 0) is 29.0 Å². The Morgan fingerprint density at radius 3 is 2.82 bits per heavy atom. The minimum absolute atomic E-state index is 0.0221. The summed E-state index contributed by atoms with van der Waals surface area (Å²) >= 11 is 0. The molecule has 0 spiro atoms. The summed E-state index contributed by atoms with van der Waals surface area (Å²) in [5.74, 6) is -1.36. The van der Waals surface area contributed by atoms with Gasteiger partial charge in [0.1, 0.15) is 35.5 Å². The molecule has 6 atom stereocenters. The quantitative estimate of drug-likeness (QED) is 0.309. The molecule has 5 rings (SSSR count). The van der Waals surface area contributed by atoms with Gasteiger partial charge in [0.05, 0.1) is 31.2 Å². The zero-order valence-electron chi connectivity index (χ0n) is 19.6. The number of phosphoric ester groups is 1. The fourth-order valence-electron chi connectivity index (χ4n) is 4.35. The van der Waals surface area contributed by atoms with Crippen molar-refractivity contribution in [2.45, 2.75) is 49.7 Å². The third-order valence-electron chi connectivity index (χ3n) is 6.34. The molecule has 2 aliphatic heterocycles.